The molecule has 1 aromatic heterocycles. The number of hydrogen-bond acceptors (Lipinski definition) is 5. The second kappa shape index (κ2) is 12.5. The number of methoxy groups -OCH3 is 1. The number of pyridine rings is 1. The number of aliphatic hydroxyl groups excluding tert-OH is 1. The van der Waals surface area contributed by atoms with E-state index in [4.69, 9.17) is 9.47 Å². The van der Waals surface area contributed by atoms with Crippen molar-refractivity contribution in [3.05, 3.63) is 93.9 Å². The summed E-state index contributed by atoms with van der Waals surface area (Å²) in [4.78, 5) is 27.9. The maximum Gasteiger partial charge on any atom is 0.297 e. The van der Waals surface area contributed by atoms with Crippen molar-refractivity contribution in [1.82, 2.24) is 9.47 Å². The maximum absolute atomic E-state index is 15.7. The third-order valence-corrected chi connectivity index (χ3v) is 11.5. The van der Waals surface area contributed by atoms with Crippen molar-refractivity contribution < 1.29 is 23.5 Å². The first-order valence-corrected chi connectivity index (χ1v) is 17.7. The van der Waals surface area contributed by atoms with Gasteiger partial charge in [0.1, 0.15) is 0 Å². The van der Waals surface area contributed by atoms with Crippen LogP contribution in [0.3, 0.4) is 0 Å². The molecule has 5 rings (SSSR count). The highest BCUT2D eigenvalue weighted by Gasteiger charge is 2.52. The number of hydrogen-bond donors (Lipinski definition) is 1. The zero-order valence-electron chi connectivity index (χ0n) is 24.8. The normalized spacial score (nSPS) is 24.0. The number of carbonyl (C=O) groups is 1. The first-order valence-electron chi connectivity index (χ1n) is 14.8. The van der Waals surface area contributed by atoms with Crippen LogP contribution in [-0.2, 0) is 28.9 Å². The summed E-state index contributed by atoms with van der Waals surface area (Å²) in [5.41, 5.74) is 3.58. The van der Waals surface area contributed by atoms with E-state index in [0.717, 1.165) is 28.8 Å². The topological polar surface area (TPSA) is 81.0 Å². The Hall–Kier alpha value is -3.27. The summed E-state index contributed by atoms with van der Waals surface area (Å²) in [5.74, 6) is 0.181. The van der Waals surface area contributed by atoms with Crippen LogP contribution in [0.5, 0.6) is 5.75 Å². The van der Waals surface area contributed by atoms with E-state index in [2.05, 4.69) is 6.92 Å². The van der Waals surface area contributed by atoms with Gasteiger partial charge in [-0.2, -0.15) is 0 Å². The van der Waals surface area contributed by atoms with Gasteiger partial charge < -0.3 is 23.6 Å². The van der Waals surface area contributed by atoms with Crippen molar-refractivity contribution >= 4 is 14.3 Å². The van der Waals surface area contributed by atoms with Gasteiger partial charge >= 0.3 is 0 Å². The highest BCUT2D eigenvalue weighted by atomic mass is 28.4. The third-order valence-electron chi connectivity index (χ3n) is 9.02. The Bertz CT molecular complexity index is 1450. The molecule has 0 unspecified atom stereocenters. The van der Waals surface area contributed by atoms with Crippen molar-refractivity contribution in [3.8, 4) is 11.4 Å². The van der Waals surface area contributed by atoms with E-state index < -0.39 is 14.5 Å². The first kappa shape index (κ1) is 30.2. The van der Waals surface area contributed by atoms with Crippen LogP contribution in [0.15, 0.2) is 71.7 Å². The molecular formula is C33H41FN2O5Si. The second-order valence-corrected chi connectivity index (χ2v) is 15.9. The quantitative estimate of drug-likeness (QED) is 0.278. The predicted molar refractivity (Wildman–Crippen MR) is 163 cm³/mol. The molecule has 42 heavy (non-hydrogen) atoms. The molecule has 1 amide bonds. The number of amides is 1. The number of benzene rings is 2. The first-order chi connectivity index (χ1) is 20.1. The van der Waals surface area contributed by atoms with Crippen molar-refractivity contribution in [2.45, 2.75) is 76.0 Å². The van der Waals surface area contributed by atoms with Gasteiger partial charge in [0.25, 0.3) is 5.56 Å². The number of aliphatic hydroxyl groups is 1. The van der Waals surface area contributed by atoms with Crippen LogP contribution in [-0.4, -0.2) is 60.9 Å². The fraction of sp³-hybridized carbons (Fsp3) is 0.455. The smallest absolute Gasteiger partial charge is 0.297 e. The summed E-state index contributed by atoms with van der Waals surface area (Å²) in [6.45, 7) is 5.82. The molecule has 0 aliphatic carbocycles. The molecule has 224 valence electrons. The van der Waals surface area contributed by atoms with Crippen LogP contribution in [0.4, 0.5) is 4.11 Å². The Kier molecular flexibility index (Phi) is 9.01. The van der Waals surface area contributed by atoms with Gasteiger partial charge in [0.05, 0.1) is 38.4 Å². The minimum absolute atomic E-state index is 0.0141. The number of aromatic nitrogens is 1. The molecule has 1 N–H and O–H groups in total. The summed E-state index contributed by atoms with van der Waals surface area (Å²) in [5, 5.41) is 10.1. The van der Waals surface area contributed by atoms with E-state index in [-0.39, 0.29) is 53.8 Å². The third kappa shape index (κ3) is 6.23. The molecule has 0 spiro atoms. The lowest BCUT2D eigenvalue weighted by Crippen LogP contribution is -2.48. The molecule has 3 heterocycles. The van der Waals surface area contributed by atoms with Crippen LogP contribution >= 0.6 is 0 Å². The Balaban J connectivity index is 1.26. The number of fused-ring (bicyclic) bond motifs is 1. The molecule has 2 aromatic carbocycles. The SMILES string of the molecule is COc1cccn(-c2ccc(CC[C@@H]3O[C@H](CC(=O)N4Cc5ccccc5C[C@H]4CO)[C@@H]([Si](C)(C)F)[C@@H]3C)cc2)c1=O. The van der Waals surface area contributed by atoms with Crippen LogP contribution in [0, 0.1) is 5.92 Å². The summed E-state index contributed by atoms with van der Waals surface area (Å²) in [6, 6.07) is 19.0. The summed E-state index contributed by atoms with van der Waals surface area (Å²) < 4.78 is 28.9. The van der Waals surface area contributed by atoms with Gasteiger partial charge in [0.2, 0.25) is 14.3 Å². The van der Waals surface area contributed by atoms with Crippen molar-refractivity contribution in [2.75, 3.05) is 13.7 Å². The van der Waals surface area contributed by atoms with E-state index in [9.17, 15) is 14.7 Å². The van der Waals surface area contributed by atoms with Gasteiger partial charge in [-0.15, -0.1) is 0 Å². The van der Waals surface area contributed by atoms with E-state index in [0.29, 0.717) is 19.4 Å². The molecule has 0 radical (unpaired) electrons. The lowest BCUT2D eigenvalue weighted by molar-refractivity contribution is -0.138. The summed E-state index contributed by atoms with van der Waals surface area (Å²) >= 11 is 0. The Morgan fingerprint density at radius 3 is 2.45 bits per heavy atom. The summed E-state index contributed by atoms with van der Waals surface area (Å²) in [7, 11) is -1.67. The molecular weight excluding hydrogens is 551 g/mol. The number of rotatable bonds is 9. The minimum Gasteiger partial charge on any atom is -0.491 e. The Labute approximate surface area is 248 Å². The Morgan fingerprint density at radius 2 is 1.79 bits per heavy atom. The van der Waals surface area contributed by atoms with Gasteiger partial charge in [0.15, 0.2) is 5.75 Å². The van der Waals surface area contributed by atoms with E-state index in [1.807, 2.05) is 48.5 Å². The van der Waals surface area contributed by atoms with E-state index in [1.165, 1.54) is 7.11 Å². The largest absolute Gasteiger partial charge is 0.491 e. The van der Waals surface area contributed by atoms with Crippen LogP contribution in [0.1, 0.15) is 36.5 Å². The molecule has 2 aliphatic rings. The highest BCUT2D eigenvalue weighted by Crippen LogP contribution is 2.47. The van der Waals surface area contributed by atoms with Gasteiger partial charge in [-0.1, -0.05) is 43.3 Å². The highest BCUT2D eigenvalue weighted by molar-refractivity contribution is 6.72. The molecule has 5 atom stereocenters. The molecule has 2 aliphatic heterocycles. The van der Waals surface area contributed by atoms with E-state index >= 15 is 4.11 Å². The number of halogens is 1. The van der Waals surface area contributed by atoms with Gasteiger partial charge in [-0.25, -0.2) is 0 Å². The molecule has 0 saturated carbocycles. The minimum atomic E-state index is -3.15. The number of carbonyl (C=O) groups excluding carboxylic acids is 1. The fourth-order valence-electron chi connectivity index (χ4n) is 6.87. The van der Waals surface area contributed by atoms with Crippen molar-refractivity contribution in [1.29, 1.82) is 0 Å². The molecule has 1 saturated heterocycles. The van der Waals surface area contributed by atoms with Crippen molar-refractivity contribution in [2.24, 2.45) is 5.92 Å². The Morgan fingerprint density at radius 1 is 1.07 bits per heavy atom. The van der Waals surface area contributed by atoms with Gasteiger partial charge in [-0.3, -0.25) is 14.2 Å². The zero-order valence-corrected chi connectivity index (χ0v) is 25.8. The number of aryl methyl sites for hydroxylation is 1. The van der Waals surface area contributed by atoms with Crippen LogP contribution in [0.25, 0.3) is 5.69 Å². The second-order valence-electron chi connectivity index (χ2n) is 12.2. The molecule has 0 bridgehead atoms. The maximum atomic E-state index is 15.7. The molecule has 9 heteroatoms. The van der Waals surface area contributed by atoms with Gasteiger partial charge in [-0.05, 0) is 79.2 Å². The average Bonchev–Trinajstić information content (AvgIpc) is 3.30. The number of nitrogens with zero attached hydrogens (tertiary/aromatic N) is 2. The molecule has 7 nitrogen and oxygen atoms in total. The fourth-order valence-corrected chi connectivity index (χ4v) is 9.42. The summed E-state index contributed by atoms with van der Waals surface area (Å²) in [6.07, 6.45) is 3.25. The predicted octanol–water partition coefficient (Wildman–Crippen LogP) is 5.06. The monoisotopic (exact) mass is 592 g/mol. The number of ether oxygens (including phenoxy) is 2. The van der Waals surface area contributed by atoms with Gasteiger partial charge in [0, 0.05) is 24.0 Å². The van der Waals surface area contributed by atoms with Crippen LogP contribution < -0.4 is 10.3 Å². The van der Waals surface area contributed by atoms with E-state index in [1.54, 1.807) is 40.9 Å². The average molecular weight is 593 g/mol. The zero-order chi connectivity index (χ0) is 30.0. The lowest BCUT2D eigenvalue weighted by atomic mass is 9.93. The standard InChI is InChI=1S/C33H41FN2O5Si/c1-22-28(16-13-23-11-14-26(15-12-23)35-17-7-10-29(40-2)33(35)39)41-30(32(22)42(3,4)34)19-31(38)36-20-25-9-6-5-8-24(25)18-27(36)21-37/h5-12,14-15,17,22,27-28,30,32,37H,13,16,18-21H2,1-4H3/t22-,27+,28+,30-,32+/m1/s1. The molecule has 1 fully saturated rings. The van der Waals surface area contributed by atoms with Crippen LogP contribution in [0.2, 0.25) is 18.6 Å². The van der Waals surface area contributed by atoms with Crippen molar-refractivity contribution in [3.63, 3.8) is 0 Å². The molecule has 3 aromatic rings. The lowest BCUT2D eigenvalue weighted by Gasteiger charge is -2.37.